The predicted molar refractivity (Wildman–Crippen MR) is 254 cm³/mol. The van der Waals surface area contributed by atoms with Gasteiger partial charge < -0.3 is 8.98 Å². The summed E-state index contributed by atoms with van der Waals surface area (Å²) in [6, 6.07) is 84.3. The lowest BCUT2D eigenvalue weighted by Crippen LogP contribution is -2.74. The van der Waals surface area contributed by atoms with E-state index in [0.717, 1.165) is 44.5 Å². The van der Waals surface area contributed by atoms with Crippen molar-refractivity contribution in [3.05, 3.63) is 231 Å². The van der Waals surface area contributed by atoms with Crippen LogP contribution < -0.4 is 20.7 Å². The highest BCUT2D eigenvalue weighted by Gasteiger charge is 2.41. The van der Waals surface area contributed by atoms with Crippen molar-refractivity contribution < 1.29 is 4.42 Å². The van der Waals surface area contributed by atoms with Gasteiger partial charge in [-0.1, -0.05) is 182 Å². The van der Waals surface area contributed by atoms with Crippen LogP contribution in [0.25, 0.3) is 77.3 Å². The number of benzene rings is 9. The summed E-state index contributed by atoms with van der Waals surface area (Å²) in [7, 11) is -2.71. The van der Waals surface area contributed by atoms with E-state index in [2.05, 4.69) is 234 Å². The van der Waals surface area contributed by atoms with E-state index < -0.39 is 8.07 Å². The van der Waals surface area contributed by atoms with E-state index in [1.807, 2.05) is 6.07 Å². The van der Waals surface area contributed by atoms with Crippen LogP contribution in [-0.4, -0.2) is 17.2 Å². The van der Waals surface area contributed by atoms with E-state index in [-0.39, 0.29) is 0 Å². The third-order valence-electron chi connectivity index (χ3n) is 12.5. The molecule has 4 heteroatoms. The van der Waals surface area contributed by atoms with E-state index in [0.29, 0.717) is 0 Å². The average molecular weight is 783 g/mol. The molecule has 3 nitrogen and oxygen atoms in total. The molecule has 12 aromatic rings. The fraction of sp³-hybridized carbons (Fsp3) is 0. The van der Waals surface area contributed by atoms with E-state index in [1.165, 1.54) is 53.5 Å². The Kier molecular flexibility index (Phi) is 7.87. The van der Waals surface area contributed by atoms with Gasteiger partial charge in [-0.15, -0.1) is 0 Å². The van der Waals surface area contributed by atoms with Crippen LogP contribution in [0.3, 0.4) is 0 Å². The minimum atomic E-state index is -2.71. The van der Waals surface area contributed by atoms with Crippen LogP contribution in [0.2, 0.25) is 0 Å². The zero-order chi connectivity index (χ0) is 39.6. The molecule has 0 saturated heterocycles. The smallest absolute Gasteiger partial charge is 0.213 e. The average Bonchev–Trinajstić information content (AvgIpc) is 3.97. The van der Waals surface area contributed by atoms with Gasteiger partial charge in [0.25, 0.3) is 0 Å². The fourth-order valence-electron chi connectivity index (χ4n) is 9.94. The molecule has 0 N–H and O–H groups in total. The molecule has 0 aliphatic rings. The number of fused-ring (bicyclic) bond motifs is 8. The van der Waals surface area contributed by atoms with Crippen molar-refractivity contribution in [2.45, 2.75) is 0 Å². The lowest BCUT2D eigenvalue weighted by molar-refractivity contribution is 0.645. The third kappa shape index (κ3) is 5.08. The number of hydrogen-bond acceptors (Lipinski definition) is 1. The second-order valence-corrected chi connectivity index (χ2v) is 19.4. The molecule has 0 atom stereocenters. The van der Waals surface area contributed by atoms with Crippen molar-refractivity contribution in [3.63, 3.8) is 0 Å². The number of rotatable bonds is 7. The summed E-state index contributed by atoms with van der Waals surface area (Å²) in [5, 5.41) is 11.4. The minimum Gasteiger partial charge on any atom is -0.439 e. The summed E-state index contributed by atoms with van der Waals surface area (Å²) in [4.78, 5) is 0. The van der Waals surface area contributed by atoms with Crippen LogP contribution in [0.1, 0.15) is 0 Å². The van der Waals surface area contributed by atoms with E-state index in [4.69, 9.17) is 4.42 Å². The maximum absolute atomic E-state index is 6.63. The van der Waals surface area contributed by atoms with Gasteiger partial charge in [-0.3, -0.25) is 4.57 Å². The van der Waals surface area contributed by atoms with Gasteiger partial charge in [0.05, 0.1) is 21.9 Å². The van der Waals surface area contributed by atoms with Crippen LogP contribution in [0.4, 0.5) is 0 Å². The maximum atomic E-state index is 6.63. The first-order valence-corrected chi connectivity index (χ1v) is 22.6. The van der Waals surface area contributed by atoms with Crippen LogP contribution >= 0.6 is 0 Å². The second-order valence-electron chi connectivity index (χ2n) is 15.6. The Balaban J connectivity index is 1.05. The van der Waals surface area contributed by atoms with Gasteiger partial charge in [0, 0.05) is 32.9 Å². The topological polar surface area (TPSA) is 23.0 Å². The first-order chi connectivity index (χ1) is 29.8. The van der Waals surface area contributed by atoms with Gasteiger partial charge in [0.1, 0.15) is 5.58 Å². The molecule has 60 heavy (non-hydrogen) atoms. The number of aromatic nitrogens is 2. The number of hydrogen-bond donors (Lipinski definition) is 0. The summed E-state index contributed by atoms with van der Waals surface area (Å²) in [5.41, 5.74) is 9.82. The standard InChI is InChI=1S/C56H38N2OSi/c1-5-18-40(19-6-1)58-52-30-17-28-46(54(52)55-48-27-14-16-31-53(48)59-56(55)58)39-32-34-41(35-33-39)57-50-29-15-13-26-47(50)49-38-45(36-37-51(49)57)60(42-20-7-2-8-21-42,43-22-9-3-10-23-43)44-24-11-4-12-25-44/h1-38H. The molecule has 3 heterocycles. The van der Waals surface area contributed by atoms with Crippen molar-refractivity contribution in [2.75, 3.05) is 0 Å². The van der Waals surface area contributed by atoms with E-state index in [9.17, 15) is 0 Å². The molecule has 0 saturated carbocycles. The number of para-hydroxylation sites is 3. The SMILES string of the molecule is c1ccc(-n2c3cccc(-c4ccc(-n5c6ccccc6c6cc([Si](c7ccccc7)(c7ccccc7)c7ccccc7)ccc65)cc4)c3c3c4ccccc4oc32)cc1. The molecule has 0 radical (unpaired) electrons. The second kappa shape index (κ2) is 13.7. The van der Waals surface area contributed by atoms with Crippen LogP contribution in [0, 0.1) is 0 Å². The number of furan rings is 1. The van der Waals surface area contributed by atoms with Gasteiger partial charge in [-0.2, -0.15) is 0 Å². The molecule has 0 fully saturated rings. The molecule has 12 rings (SSSR count). The summed E-state index contributed by atoms with van der Waals surface area (Å²) < 4.78 is 11.3. The van der Waals surface area contributed by atoms with Gasteiger partial charge in [0.15, 0.2) is 8.07 Å². The van der Waals surface area contributed by atoms with Crippen molar-refractivity contribution in [1.29, 1.82) is 0 Å². The highest BCUT2D eigenvalue weighted by atomic mass is 28.3. The first-order valence-electron chi connectivity index (χ1n) is 20.6. The highest BCUT2D eigenvalue weighted by Crippen LogP contribution is 2.43. The number of nitrogens with zero attached hydrogens (tertiary/aromatic N) is 2. The molecule has 3 aromatic heterocycles. The normalized spacial score (nSPS) is 12.0. The van der Waals surface area contributed by atoms with Crippen LogP contribution in [0.15, 0.2) is 235 Å². The predicted octanol–water partition coefficient (Wildman–Crippen LogP) is 11.7. The fourth-order valence-corrected chi connectivity index (χ4v) is 14.7. The summed E-state index contributed by atoms with van der Waals surface area (Å²) in [6.45, 7) is 0. The molecule has 282 valence electrons. The zero-order valence-corrected chi connectivity index (χ0v) is 33.7. The Bertz CT molecular complexity index is 3420. The Labute approximate surface area is 348 Å². The molecule has 0 spiro atoms. The molecular weight excluding hydrogens is 745 g/mol. The van der Waals surface area contributed by atoms with Gasteiger partial charge in [-0.25, -0.2) is 0 Å². The quantitative estimate of drug-likeness (QED) is 0.117. The van der Waals surface area contributed by atoms with Gasteiger partial charge in [-0.05, 0) is 80.4 Å². The molecule has 0 aliphatic heterocycles. The van der Waals surface area contributed by atoms with Gasteiger partial charge in [0.2, 0.25) is 5.71 Å². The van der Waals surface area contributed by atoms with Crippen molar-refractivity contribution in [3.8, 4) is 22.5 Å². The first kappa shape index (κ1) is 34.4. The molecule has 0 unspecified atom stereocenters. The third-order valence-corrected chi connectivity index (χ3v) is 17.3. The molecule has 9 aromatic carbocycles. The van der Waals surface area contributed by atoms with Crippen LogP contribution in [0.5, 0.6) is 0 Å². The maximum Gasteiger partial charge on any atom is 0.213 e. The lowest BCUT2D eigenvalue weighted by atomic mass is 9.99. The summed E-state index contributed by atoms with van der Waals surface area (Å²) >= 11 is 0. The van der Waals surface area contributed by atoms with Crippen molar-refractivity contribution >= 4 is 83.6 Å². The monoisotopic (exact) mass is 782 g/mol. The minimum absolute atomic E-state index is 0.866. The molecule has 0 amide bonds. The molecular formula is C56H38N2OSi. The van der Waals surface area contributed by atoms with Crippen molar-refractivity contribution in [1.82, 2.24) is 9.13 Å². The van der Waals surface area contributed by atoms with E-state index >= 15 is 0 Å². The Morgan fingerprint density at radius 2 is 0.867 bits per heavy atom. The van der Waals surface area contributed by atoms with Crippen molar-refractivity contribution in [2.24, 2.45) is 0 Å². The Hall–Kier alpha value is -7.66. The highest BCUT2D eigenvalue weighted by molar-refractivity contribution is 7.20. The van der Waals surface area contributed by atoms with Gasteiger partial charge >= 0.3 is 0 Å². The molecule has 0 aliphatic carbocycles. The summed E-state index contributed by atoms with van der Waals surface area (Å²) in [5.74, 6) is 0. The summed E-state index contributed by atoms with van der Waals surface area (Å²) in [6.07, 6.45) is 0. The van der Waals surface area contributed by atoms with Crippen LogP contribution in [-0.2, 0) is 0 Å². The molecule has 0 bridgehead atoms. The lowest BCUT2D eigenvalue weighted by Gasteiger charge is -2.34. The zero-order valence-electron chi connectivity index (χ0n) is 32.7. The Morgan fingerprint density at radius 1 is 0.333 bits per heavy atom. The largest absolute Gasteiger partial charge is 0.439 e. The Morgan fingerprint density at radius 3 is 1.53 bits per heavy atom. The van der Waals surface area contributed by atoms with E-state index in [1.54, 1.807) is 0 Å².